The molecule has 3 N–H and O–H groups in total. The molecule has 3 heteroatoms. The molecule has 0 saturated carbocycles. The normalized spacial score (nSPS) is 15.6. The molecule has 0 aliphatic carbocycles. The lowest BCUT2D eigenvalue weighted by atomic mass is 9.87. The number of rotatable bonds is 4. The molecule has 2 atom stereocenters. The van der Waals surface area contributed by atoms with E-state index in [-0.39, 0.29) is 23.3 Å². The molecule has 2 unspecified atom stereocenters. The highest BCUT2D eigenvalue weighted by Gasteiger charge is 2.16. The molecular weight excluding hydrogens is 230 g/mol. The van der Waals surface area contributed by atoms with Crippen LogP contribution in [0.15, 0.2) is 29.2 Å². The second-order valence-corrected chi connectivity index (χ2v) is 6.78. The van der Waals surface area contributed by atoms with Gasteiger partial charge in [-0.1, -0.05) is 32.9 Å². The summed E-state index contributed by atoms with van der Waals surface area (Å²) in [5.41, 5.74) is 7.32. The average Bonchev–Trinajstić information content (AvgIpc) is 2.25. The van der Waals surface area contributed by atoms with Gasteiger partial charge < -0.3 is 10.8 Å². The number of benzene rings is 1. The standard InChI is InChI=1S/C14H23NOS/c1-10(15)13(9-16)17-12-7-5-11(6-8-12)14(2,3)4/h5-8,10,13,16H,9,15H2,1-4H3. The lowest BCUT2D eigenvalue weighted by Gasteiger charge is -2.21. The van der Waals surface area contributed by atoms with Crippen LogP contribution < -0.4 is 5.73 Å². The van der Waals surface area contributed by atoms with Gasteiger partial charge in [-0.25, -0.2) is 0 Å². The first-order chi connectivity index (χ1) is 7.84. The second kappa shape index (κ2) is 5.89. The highest BCUT2D eigenvalue weighted by atomic mass is 32.2. The van der Waals surface area contributed by atoms with Gasteiger partial charge in [0.25, 0.3) is 0 Å². The van der Waals surface area contributed by atoms with E-state index in [4.69, 9.17) is 5.73 Å². The largest absolute Gasteiger partial charge is 0.395 e. The van der Waals surface area contributed by atoms with Gasteiger partial charge in [-0.2, -0.15) is 0 Å². The van der Waals surface area contributed by atoms with E-state index in [1.54, 1.807) is 11.8 Å². The zero-order valence-corrected chi connectivity index (χ0v) is 11.9. The summed E-state index contributed by atoms with van der Waals surface area (Å²) in [6, 6.07) is 8.51. The SMILES string of the molecule is CC(N)C(CO)Sc1ccc(C(C)(C)C)cc1. The number of hydrogen-bond donors (Lipinski definition) is 2. The molecule has 1 aromatic rings. The van der Waals surface area contributed by atoms with Crippen LogP contribution in [0.1, 0.15) is 33.3 Å². The molecule has 1 rings (SSSR count). The summed E-state index contributed by atoms with van der Waals surface area (Å²) in [7, 11) is 0. The molecule has 0 aromatic heterocycles. The number of aliphatic hydroxyl groups is 1. The smallest absolute Gasteiger partial charge is 0.0568 e. The minimum atomic E-state index is -0.00714. The van der Waals surface area contributed by atoms with Crippen molar-refractivity contribution in [2.45, 2.75) is 49.3 Å². The van der Waals surface area contributed by atoms with Gasteiger partial charge in [0.2, 0.25) is 0 Å². The summed E-state index contributed by atoms with van der Waals surface area (Å²) in [4.78, 5) is 1.16. The van der Waals surface area contributed by atoms with Crippen molar-refractivity contribution in [2.75, 3.05) is 6.61 Å². The van der Waals surface area contributed by atoms with Crippen molar-refractivity contribution in [1.29, 1.82) is 0 Å². The van der Waals surface area contributed by atoms with E-state index >= 15 is 0 Å². The maximum Gasteiger partial charge on any atom is 0.0568 e. The first-order valence-electron chi connectivity index (χ1n) is 5.98. The number of thioether (sulfide) groups is 1. The maximum absolute atomic E-state index is 9.24. The van der Waals surface area contributed by atoms with Crippen LogP contribution in [0.3, 0.4) is 0 Å². The zero-order valence-electron chi connectivity index (χ0n) is 11.1. The van der Waals surface area contributed by atoms with Gasteiger partial charge in [0.15, 0.2) is 0 Å². The highest BCUT2D eigenvalue weighted by molar-refractivity contribution is 8.00. The van der Waals surface area contributed by atoms with E-state index < -0.39 is 0 Å². The Morgan fingerprint density at radius 3 is 2.12 bits per heavy atom. The van der Waals surface area contributed by atoms with Crippen LogP contribution in [-0.4, -0.2) is 23.0 Å². The van der Waals surface area contributed by atoms with Crippen LogP contribution in [-0.2, 0) is 5.41 Å². The predicted octanol–water partition coefficient (Wildman–Crippen LogP) is 2.78. The van der Waals surface area contributed by atoms with Gasteiger partial charge >= 0.3 is 0 Å². The minimum absolute atomic E-state index is 0.00714. The molecule has 0 bridgehead atoms. The molecule has 1 aromatic carbocycles. The lowest BCUT2D eigenvalue weighted by molar-refractivity contribution is 0.285. The maximum atomic E-state index is 9.24. The van der Waals surface area contributed by atoms with Gasteiger partial charge in [-0.3, -0.25) is 0 Å². The van der Waals surface area contributed by atoms with Crippen LogP contribution in [0.4, 0.5) is 0 Å². The van der Waals surface area contributed by atoms with E-state index in [0.717, 1.165) is 4.90 Å². The van der Waals surface area contributed by atoms with Gasteiger partial charge in [0.05, 0.1) is 6.61 Å². The van der Waals surface area contributed by atoms with Crippen LogP contribution in [0.2, 0.25) is 0 Å². The van der Waals surface area contributed by atoms with Crippen molar-refractivity contribution < 1.29 is 5.11 Å². The Hall–Kier alpha value is -0.510. The number of hydrogen-bond acceptors (Lipinski definition) is 3. The van der Waals surface area contributed by atoms with Crippen LogP contribution in [0, 0.1) is 0 Å². The summed E-state index contributed by atoms with van der Waals surface area (Å²) in [6.45, 7) is 8.65. The monoisotopic (exact) mass is 253 g/mol. The number of nitrogens with two attached hydrogens (primary N) is 1. The van der Waals surface area contributed by atoms with E-state index in [9.17, 15) is 5.11 Å². The summed E-state index contributed by atoms with van der Waals surface area (Å²) in [6.07, 6.45) is 0. The summed E-state index contributed by atoms with van der Waals surface area (Å²) in [5, 5.41) is 9.31. The molecule has 96 valence electrons. The third-order valence-corrected chi connectivity index (χ3v) is 4.20. The molecule has 0 amide bonds. The van der Waals surface area contributed by atoms with Crippen molar-refractivity contribution in [2.24, 2.45) is 5.73 Å². The number of aliphatic hydroxyl groups excluding tert-OH is 1. The summed E-state index contributed by atoms with van der Waals surface area (Å²) >= 11 is 1.64. The summed E-state index contributed by atoms with van der Waals surface area (Å²) < 4.78 is 0. The molecule has 0 saturated heterocycles. The molecular formula is C14H23NOS. The Morgan fingerprint density at radius 2 is 1.76 bits per heavy atom. The Bertz CT molecular complexity index is 340. The van der Waals surface area contributed by atoms with Gasteiger partial charge in [0.1, 0.15) is 0 Å². The first kappa shape index (κ1) is 14.6. The average molecular weight is 253 g/mol. The van der Waals surface area contributed by atoms with Crippen LogP contribution in [0.25, 0.3) is 0 Å². The van der Waals surface area contributed by atoms with Crippen molar-refractivity contribution >= 4 is 11.8 Å². The Morgan fingerprint density at radius 1 is 1.24 bits per heavy atom. The quantitative estimate of drug-likeness (QED) is 0.811. The van der Waals surface area contributed by atoms with E-state index in [1.165, 1.54) is 5.56 Å². The molecule has 0 spiro atoms. The summed E-state index contributed by atoms with van der Waals surface area (Å²) in [5.74, 6) is 0. The fourth-order valence-electron chi connectivity index (χ4n) is 1.52. The highest BCUT2D eigenvalue weighted by Crippen LogP contribution is 2.28. The first-order valence-corrected chi connectivity index (χ1v) is 6.86. The van der Waals surface area contributed by atoms with Crippen molar-refractivity contribution in [3.63, 3.8) is 0 Å². The van der Waals surface area contributed by atoms with Crippen molar-refractivity contribution in [3.05, 3.63) is 29.8 Å². The second-order valence-electron chi connectivity index (χ2n) is 5.47. The van der Waals surface area contributed by atoms with Crippen LogP contribution >= 0.6 is 11.8 Å². The van der Waals surface area contributed by atoms with E-state index in [2.05, 4.69) is 45.0 Å². The predicted molar refractivity (Wildman–Crippen MR) is 75.5 cm³/mol. The van der Waals surface area contributed by atoms with E-state index in [0.29, 0.717) is 0 Å². The van der Waals surface area contributed by atoms with Gasteiger partial charge in [0, 0.05) is 16.2 Å². The van der Waals surface area contributed by atoms with Crippen LogP contribution in [0.5, 0.6) is 0 Å². The molecule has 0 aliphatic rings. The molecule has 0 heterocycles. The molecule has 0 fully saturated rings. The fraction of sp³-hybridized carbons (Fsp3) is 0.571. The third-order valence-electron chi connectivity index (χ3n) is 2.77. The van der Waals surface area contributed by atoms with Gasteiger partial charge in [-0.05, 0) is 30.0 Å². The Labute approximate surface area is 109 Å². The Balaban J connectivity index is 2.75. The van der Waals surface area contributed by atoms with E-state index in [1.807, 2.05) is 6.92 Å². The Kier molecular flexibility index (Phi) is 5.04. The van der Waals surface area contributed by atoms with Crippen molar-refractivity contribution in [1.82, 2.24) is 0 Å². The van der Waals surface area contributed by atoms with Crippen molar-refractivity contribution in [3.8, 4) is 0 Å². The third kappa shape index (κ3) is 4.34. The molecule has 17 heavy (non-hydrogen) atoms. The fourth-order valence-corrected chi connectivity index (χ4v) is 2.45. The molecule has 0 aliphatic heterocycles. The zero-order chi connectivity index (χ0) is 13.1. The molecule has 2 nitrogen and oxygen atoms in total. The topological polar surface area (TPSA) is 46.2 Å². The molecule has 0 radical (unpaired) electrons. The lowest BCUT2D eigenvalue weighted by Crippen LogP contribution is -2.31. The minimum Gasteiger partial charge on any atom is -0.395 e. The van der Waals surface area contributed by atoms with Gasteiger partial charge in [-0.15, -0.1) is 11.8 Å².